The van der Waals surface area contributed by atoms with E-state index in [1.54, 1.807) is 6.07 Å². The van der Waals surface area contributed by atoms with Crippen molar-refractivity contribution in [1.82, 2.24) is 19.6 Å². The minimum absolute atomic E-state index is 0.00874. The van der Waals surface area contributed by atoms with Crippen LogP contribution in [0.1, 0.15) is 99.5 Å². The van der Waals surface area contributed by atoms with Crippen molar-refractivity contribution in [2.24, 2.45) is 10.8 Å². The van der Waals surface area contributed by atoms with Crippen molar-refractivity contribution in [3.8, 4) is 0 Å². The van der Waals surface area contributed by atoms with Crippen molar-refractivity contribution in [3.05, 3.63) is 33.8 Å². The Kier molecular flexibility index (Phi) is 10.0. The summed E-state index contributed by atoms with van der Waals surface area (Å²) in [7, 11) is 4.14. The van der Waals surface area contributed by atoms with Gasteiger partial charge < -0.3 is 14.7 Å². The third-order valence-electron chi connectivity index (χ3n) is 10.3. The van der Waals surface area contributed by atoms with Crippen molar-refractivity contribution in [2.45, 2.75) is 123 Å². The Morgan fingerprint density at radius 2 is 1.60 bits per heavy atom. The van der Waals surface area contributed by atoms with E-state index in [0.717, 1.165) is 50.8 Å². The van der Waals surface area contributed by atoms with Gasteiger partial charge in [0, 0.05) is 59.3 Å². The maximum atomic E-state index is 15.2. The molecule has 1 aliphatic carbocycles. The number of nitrogens with zero attached hydrogens (tertiary/aromatic N) is 4. The topological polar surface area (TPSA) is 47.1 Å². The summed E-state index contributed by atoms with van der Waals surface area (Å²) < 4.78 is 0. The molecule has 2 aliphatic heterocycles. The van der Waals surface area contributed by atoms with E-state index in [9.17, 15) is 4.79 Å². The van der Waals surface area contributed by atoms with Gasteiger partial charge in [0.05, 0.1) is 11.5 Å². The highest BCUT2D eigenvalue weighted by atomic mass is 35.5. The van der Waals surface area contributed by atoms with Gasteiger partial charge in [0.2, 0.25) is 11.8 Å². The highest BCUT2D eigenvalue weighted by Gasteiger charge is 2.54. The van der Waals surface area contributed by atoms with E-state index in [1.807, 2.05) is 32.9 Å². The third-order valence-corrected chi connectivity index (χ3v) is 10.8. The van der Waals surface area contributed by atoms with Crippen molar-refractivity contribution in [1.29, 1.82) is 0 Å². The minimum Gasteiger partial charge on any atom is -0.335 e. The lowest BCUT2D eigenvalue weighted by molar-refractivity contribution is -0.147. The molecule has 6 nitrogen and oxygen atoms in total. The second-order valence-electron chi connectivity index (χ2n) is 16.7. The van der Waals surface area contributed by atoms with Gasteiger partial charge in [-0.1, -0.05) is 63.9 Å². The fourth-order valence-electron chi connectivity index (χ4n) is 7.66. The Morgan fingerprint density at radius 1 is 0.977 bits per heavy atom. The normalized spacial score (nSPS) is 27.2. The summed E-state index contributed by atoms with van der Waals surface area (Å²) in [6.07, 6.45) is 5.75. The standard InChI is InChI=1S/C35H56Cl2N4O2/c1-32(2,3)30(42)41(25-13-15-34(7,8)16-14-25)27-20-26(21-38(9)10)40(22-27)31(43)35(17-18-39(23-35)33(4,5)6)28-12-11-24(36)19-29(28)37/h11-12,19,25-27H,13-18,20-23H2,1-10H3/t26-,27-,35+/m0/s1. The van der Waals surface area contributed by atoms with Crippen molar-refractivity contribution >= 4 is 35.0 Å². The van der Waals surface area contributed by atoms with E-state index < -0.39 is 10.8 Å². The zero-order valence-corrected chi connectivity index (χ0v) is 29.9. The van der Waals surface area contributed by atoms with Crippen molar-refractivity contribution in [3.63, 3.8) is 0 Å². The Balaban J connectivity index is 1.74. The molecule has 8 heteroatoms. The SMILES string of the molecule is CN(C)C[C@@H]1C[C@H](N(C(=O)C(C)(C)C)C2CCC(C)(C)CC2)CN1C(=O)[C@]1(c2ccc(Cl)cc2Cl)CCN(C(C)(C)C)C1. The molecule has 2 heterocycles. The van der Waals surface area contributed by atoms with Crippen LogP contribution in [0.15, 0.2) is 18.2 Å². The van der Waals surface area contributed by atoms with Crippen LogP contribution < -0.4 is 0 Å². The molecule has 3 aliphatic rings. The summed E-state index contributed by atoms with van der Waals surface area (Å²) in [4.78, 5) is 38.2. The first kappa shape index (κ1) is 34.5. The zero-order valence-electron chi connectivity index (χ0n) is 28.4. The first-order valence-corrected chi connectivity index (χ1v) is 17.0. The fourth-order valence-corrected chi connectivity index (χ4v) is 8.25. The third kappa shape index (κ3) is 7.39. The second-order valence-corrected chi connectivity index (χ2v) is 17.5. The summed E-state index contributed by atoms with van der Waals surface area (Å²) >= 11 is 13.2. The minimum atomic E-state index is -0.776. The van der Waals surface area contributed by atoms with E-state index in [-0.39, 0.29) is 35.5 Å². The molecule has 2 saturated heterocycles. The van der Waals surface area contributed by atoms with Crippen LogP contribution in [0.25, 0.3) is 0 Å². The summed E-state index contributed by atoms with van der Waals surface area (Å²) in [5, 5.41) is 1.12. The number of hydrogen-bond acceptors (Lipinski definition) is 4. The van der Waals surface area contributed by atoms with E-state index in [2.05, 4.69) is 68.3 Å². The molecule has 0 aromatic heterocycles. The summed E-state index contributed by atoms with van der Waals surface area (Å²) in [5.74, 6) is 0.334. The van der Waals surface area contributed by atoms with Crippen LogP contribution in [0, 0.1) is 10.8 Å². The Bertz CT molecular complexity index is 1180. The lowest BCUT2D eigenvalue weighted by Gasteiger charge is -2.45. The van der Waals surface area contributed by atoms with E-state index in [1.165, 1.54) is 0 Å². The van der Waals surface area contributed by atoms with Gasteiger partial charge in [-0.05, 0) is 96.5 Å². The molecular weight excluding hydrogens is 579 g/mol. The number of likely N-dealkylation sites (tertiary alicyclic amines) is 2. The second kappa shape index (κ2) is 12.5. The monoisotopic (exact) mass is 634 g/mol. The van der Waals surface area contributed by atoms with Gasteiger partial charge in [0.15, 0.2) is 0 Å². The lowest BCUT2D eigenvalue weighted by Crippen LogP contribution is -2.55. The quantitative estimate of drug-likeness (QED) is 0.335. The van der Waals surface area contributed by atoms with Gasteiger partial charge in [-0.25, -0.2) is 0 Å². The van der Waals surface area contributed by atoms with Gasteiger partial charge in [-0.15, -0.1) is 0 Å². The fraction of sp³-hybridized carbons (Fsp3) is 0.771. The van der Waals surface area contributed by atoms with Crippen LogP contribution >= 0.6 is 23.2 Å². The van der Waals surface area contributed by atoms with Crippen molar-refractivity contribution < 1.29 is 9.59 Å². The lowest BCUT2D eigenvalue weighted by atomic mass is 9.74. The maximum absolute atomic E-state index is 15.2. The van der Waals surface area contributed by atoms with E-state index in [0.29, 0.717) is 35.0 Å². The molecule has 0 radical (unpaired) electrons. The largest absolute Gasteiger partial charge is 0.335 e. The number of hydrogen-bond donors (Lipinski definition) is 0. The highest BCUT2D eigenvalue weighted by molar-refractivity contribution is 6.35. The van der Waals surface area contributed by atoms with Gasteiger partial charge in [0.1, 0.15) is 0 Å². The predicted molar refractivity (Wildman–Crippen MR) is 179 cm³/mol. The molecule has 2 amide bonds. The smallest absolute Gasteiger partial charge is 0.235 e. The first-order chi connectivity index (χ1) is 19.7. The predicted octanol–water partition coefficient (Wildman–Crippen LogP) is 7.11. The molecule has 0 unspecified atom stereocenters. The Hall–Kier alpha value is -1.34. The molecule has 4 rings (SSSR count). The first-order valence-electron chi connectivity index (χ1n) is 16.2. The Morgan fingerprint density at radius 3 is 2.12 bits per heavy atom. The molecule has 0 spiro atoms. The number of amides is 2. The molecule has 1 aromatic rings. The molecular formula is C35H56Cl2N4O2. The van der Waals surface area contributed by atoms with Crippen LogP contribution in [0.3, 0.4) is 0 Å². The zero-order chi connectivity index (χ0) is 32.1. The van der Waals surface area contributed by atoms with Gasteiger partial charge in [-0.3, -0.25) is 14.5 Å². The van der Waals surface area contributed by atoms with E-state index >= 15 is 4.79 Å². The molecule has 43 heavy (non-hydrogen) atoms. The van der Waals surface area contributed by atoms with E-state index in [4.69, 9.17) is 23.2 Å². The molecule has 1 aromatic carbocycles. The number of carbonyl (C=O) groups excluding carboxylic acids is 2. The highest BCUT2D eigenvalue weighted by Crippen LogP contribution is 2.45. The van der Waals surface area contributed by atoms with Gasteiger partial charge in [0.25, 0.3) is 0 Å². The number of benzene rings is 1. The summed E-state index contributed by atoms with van der Waals surface area (Å²) in [6.45, 7) is 20.1. The van der Waals surface area contributed by atoms with Gasteiger partial charge in [-0.2, -0.15) is 0 Å². The molecule has 3 atom stereocenters. The van der Waals surface area contributed by atoms with Gasteiger partial charge >= 0.3 is 0 Å². The van der Waals surface area contributed by atoms with Crippen LogP contribution in [0.2, 0.25) is 10.0 Å². The number of carbonyl (C=O) groups is 2. The number of likely N-dealkylation sites (N-methyl/N-ethyl adjacent to an activating group) is 1. The van der Waals surface area contributed by atoms with Crippen molar-refractivity contribution in [2.75, 3.05) is 40.3 Å². The van der Waals surface area contributed by atoms with Crippen LogP contribution in [-0.2, 0) is 15.0 Å². The summed E-state index contributed by atoms with van der Waals surface area (Å²) in [6, 6.07) is 5.80. The molecule has 0 N–H and O–H groups in total. The summed E-state index contributed by atoms with van der Waals surface area (Å²) in [5.41, 5.74) is -0.175. The average molecular weight is 636 g/mol. The molecule has 0 bridgehead atoms. The van der Waals surface area contributed by atoms with Crippen LogP contribution in [0.4, 0.5) is 0 Å². The Labute approximate surface area is 271 Å². The molecule has 242 valence electrons. The molecule has 3 fully saturated rings. The maximum Gasteiger partial charge on any atom is 0.235 e. The average Bonchev–Trinajstić information content (AvgIpc) is 3.49. The molecule has 1 saturated carbocycles. The van der Waals surface area contributed by atoms with Crippen LogP contribution in [0.5, 0.6) is 0 Å². The number of halogens is 2. The van der Waals surface area contributed by atoms with Crippen LogP contribution in [-0.4, -0.2) is 95.4 Å². The number of rotatable bonds is 6.